The van der Waals surface area contributed by atoms with Crippen molar-refractivity contribution < 1.29 is 0 Å². The number of alkyl halides is 1. The van der Waals surface area contributed by atoms with Crippen LogP contribution in [0.4, 0.5) is 0 Å². The van der Waals surface area contributed by atoms with Gasteiger partial charge in [0.15, 0.2) is 0 Å². The van der Waals surface area contributed by atoms with Crippen molar-refractivity contribution >= 4 is 26.7 Å². The number of fused-ring (bicyclic) bond motifs is 1. The van der Waals surface area contributed by atoms with E-state index in [0.29, 0.717) is 4.83 Å². The lowest BCUT2D eigenvalue weighted by Crippen LogP contribution is -1.93. The molecule has 0 bridgehead atoms. The Labute approximate surface area is 99.4 Å². The van der Waals surface area contributed by atoms with E-state index in [1.807, 2.05) is 0 Å². The second-order valence-corrected chi connectivity index (χ2v) is 5.56. The third-order valence-electron chi connectivity index (χ3n) is 2.64. The largest absolute Gasteiger partial charge is 0.0894 e. The molecule has 0 N–H and O–H groups in total. The molecular weight excluding hydrogens is 248 g/mol. The monoisotopic (exact) mass is 262 g/mol. The lowest BCUT2D eigenvalue weighted by atomic mass is 10.0. The summed E-state index contributed by atoms with van der Waals surface area (Å²) in [5.74, 6) is 0. The van der Waals surface area contributed by atoms with Crippen molar-refractivity contribution in [3.63, 3.8) is 0 Å². The van der Waals surface area contributed by atoms with Crippen LogP contribution in [-0.4, -0.2) is 4.83 Å². The van der Waals surface area contributed by atoms with E-state index in [-0.39, 0.29) is 0 Å². The number of rotatable bonds is 3. The summed E-state index contributed by atoms with van der Waals surface area (Å²) in [4.78, 5) is 0.601. The van der Waals surface area contributed by atoms with Gasteiger partial charge in [-0.2, -0.15) is 0 Å². The first-order valence-corrected chi connectivity index (χ1v) is 6.29. The summed E-state index contributed by atoms with van der Waals surface area (Å²) < 4.78 is 0. The summed E-state index contributed by atoms with van der Waals surface area (Å²) in [5.41, 5.74) is 1.43. The van der Waals surface area contributed by atoms with E-state index in [1.54, 1.807) is 0 Å². The van der Waals surface area contributed by atoms with Crippen LogP contribution in [0.3, 0.4) is 0 Å². The number of hydrogen-bond acceptors (Lipinski definition) is 0. The van der Waals surface area contributed by atoms with E-state index in [0.717, 1.165) is 6.42 Å². The van der Waals surface area contributed by atoms with Crippen molar-refractivity contribution in [3.05, 3.63) is 48.0 Å². The van der Waals surface area contributed by atoms with Crippen LogP contribution in [0.25, 0.3) is 10.8 Å². The molecule has 0 radical (unpaired) electrons. The average molecular weight is 263 g/mol. The molecule has 0 heterocycles. The Balaban J connectivity index is 2.23. The molecule has 0 saturated heterocycles. The van der Waals surface area contributed by atoms with Gasteiger partial charge in [0.05, 0.1) is 0 Å². The van der Waals surface area contributed by atoms with Gasteiger partial charge in [0.2, 0.25) is 0 Å². The number of hydrogen-bond donors (Lipinski definition) is 0. The molecule has 0 amide bonds. The highest BCUT2D eigenvalue weighted by molar-refractivity contribution is 9.09. The van der Waals surface area contributed by atoms with Gasteiger partial charge in [-0.15, -0.1) is 0 Å². The SMILES string of the molecule is CC(Br)CCc1ccc2ccccc2c1. The molecule has 1 heteroatoms. The Morgan fingerprint density at radius 1 is 1.07 bits per heavy atom. The van der Waals surface area contributed by atoms with Gasteiger partial charge in [0.1, 0.15) is 0 Å². The summed E-state index contributed by atoms with van der Waals surface area (Å²) >= 11 is 3.58. The zero-order valence-electron chi connectivity index (χ0n) is 8.91. The van der Waals surface area contributed by atoms with E-state index in [9.17, 15) is 0 Å². The van der Waals surface area contributed by atoms with Crippen LogP contribution in [0.15, 0.2) is 42.5 Å². The van der Waals surface area contributed by atoms with Crippen molar-refractivity contribution in [2.24, 2.45) is 0 Å². The zero-order valence-corrected chi connectivity index (χ0v) is 10.5. The van der Waals surface area contributed by atoms with Crippen molar-refractivity contribution in [2.45, 2.75) is 24.6 Å². The van der Waals surface area contributed by atoms with Gasteiger partial charge in [-0.05, 0) is 29.2 Å². The van der Waals surface area contributed by atoms with Crippen LogP contribution in [0, 0.1) is 0 Å². The van der Waals surface area contributed by atoms with Crippen molar-refractivity contribution in [1.29, 1.82) is 0 Å². The molecule has 2 aromatic rings. The summed E-state index contributed by atoms with van der Waals surface area (Å²) in [7, 11) is 0. The number of benzene rings is 2. The topological polar surface area (TPSA) is 0 Å². The molecule has 0 aliphatic carbocycles. The fourth-order valence-electron chi connectivity index (χ4n) is 1.76. The fraction of sp³-hybridized carbons (Fsp3) is 0.286. The highest BCUT2D eigenvalue weighted by atomic mass is 79.9. The lowest BCUT2D eigenvalue weighted by Gasteiger charge is -2.05. The molecule has 0 saturated carbocycles. The minimum absolute atomic E-state index is 0.601. The molecule has 0 nitrogen and oxygen atoms in total. The standard InChI is InChI=1S/C14H15Br/c1-11(15)6-7-12-8-9-13-4-2-3-5-14(13)10-12/h2-5,8-11H,6-7H2,1H3. The minimum atomic E-state index is 0.601. The average Bonchev–Trinajstić information content (AvgIpc) is 2.26. The van der Waals surface area contributed by atoms with Gasteiger partial charge in [-0.3, -0.25) is 0 Å². The molecule has 1 unspecified atom stereocenters. The van der Waals surface area contributed by atoms with E-state index >= 15 is 0 Å². The zero-order chi connectivity index (χ0) is 10.7. The predicted molar refractivity (Wildman–Crippen MR) is 70.7 cm³/mol. The van der Waals surface area contributed by atoms with Gasteiger partial charge < -0.3 is 0 Å². The van der Waals surface area contributed by atoms with E-state index in [1.165, 1.54) is 22.8 Å². The summed E-state index contributed by atoms with van der Waals surface area (Å²) in [6.07, 6.45) is 2.34. The maximum Gasteiger partial charge on any atom is 0.0120 e. The molecule has 0 fully saturated rings. The minimum Gasteiger partial charge on any atom is -0.0894 e. The second-order valence-electron chi connectivity index (χ2n) is 4.00. The summed E-state index contributed by atoms with van der Waals surface area (Å²) in [6.45, 7) is 2.20. The van der Waals surface area contributed by atoms with Crippen LogP contribution in [0.5, 0.6) is 0 Å². The molecule has 0 aromatic heterocycles. The van der Waals surface area contributed by atoms with E-state index in [2.05, 4.69) is 65.3 Å². The quantitative estimate of drug-likeness (QED) is 0.712. The maximum atomic E-state index is 3.58. The normalized spacial score (nSPS) is 12.9. The smallest absolute Gasteiger partial charge is 0.0120 e. The van der Waals surface area contributed by atoms with Crippen LogP contribution in [-0.2, 0) is 6.42 Å². The van der Waals surface area contributed by atoms with Crippen LogP contribution in [0.1, 0.15) is 18.9 Å². The van der Waals surface area contributed by atoms with Gasteiger partial charge in [0, 0.05) is 4.83 Å². The third-order valence-corrected chi connectivity index (χ3v) is 3.10. The molecule has 1 atom stereocenters. The number of aryl methyl sites for hydroxylation is 1. The van der Waals surface area contributed by atoms with Gasteiger partial charge in [-0.25, -0.2) is 0 Å². The molecule has 0 aliphatic rings. The molecule has 0 aliphatic heterocycles. The van der Waals surface area contributed by atoms with Crippen molar-refractivity contribution in [1.82, 2.24) is 0 Å². The molecule has 2 aromatic carbocycles. The van der Waals surface area contributed by atoms with Gasteiger partial charge in [-0.1, -0.05) is 65.3 Å². The first-order chi connectivity index (χ1) is 7.25. The Hall–Kier alpha value is -0.820. The molecule has 0 spiro atoms. The van der Waals surface area contributed by atoms with Crippen LogP contribution >= 0.6 is 15.9 Å². The molecule has 15 heavy (non-hydrogen) atoms. The molecule has 78 valence electrons. The number of halogens is 1. The van der Waals surface area contributed by atoms with Gasteiger partial charge in [0.25, 0.3) is 0 Å². The Morgan fingerprint density at radius 2 is 1.80 bits per heavy atom. The van der Waals surface area contributed by atoms with Crippen molar-refractivity contribution in [3.8, 4) is 0 Å². The Bertz CT molecular complexity index is 446. The maximum absolute atomic E-state index is 3.58. The van der Waals surface area contributed by atoms with Crippen LogP contribution < -0.4 is 0 Å². The third kappa shape index (κ3) is 2.82. The highest BCUT2D eigenvalue weighted by Crippen LogP contribution is 2.17. The summed E-state index contributed by atoms with van der Waals surface area (Å²) in [6, 6.07) is 15.3. The first kappa shape index (κ1) is 10.7. The predicted octanol–water partition coefficient (Wildman–Crippen LogP) is 4.56. The lowest BCUT2D eigenvalue weighted by molar-refractivity contribution is 0.823. The van der Waals surface area contributed by atoms with Crippen molar-refractivity contribution in [2.75, 3.05) is 0 Å². The first-order valence-electron chi connectivity index (χ1n) is 5.37. The van der Waals surface area contributed by atoms with Crippen LogP contribution in [0.2, 0.25) is 0 Å². The highest BCUT2D eigenvalue weighted by Gasteiger charge is 1.99. The Morgan fingerprint density at radius 3 is 2.53 bits per heavy atom. The second kappa shape index (κ2) is 4.80. The molecule has 2 rings (SSSR count). The van der Waals surface area contributed by atoms with E-state index in [4.69, 9.17) is 0 Å². The fourth-order valence-corrected chi connectivity index (χ4v) is 1.99. The van der Waals surface area contributed by atoms with E-state index < -0.39 is 0 Å². The molecular formula is C14H15Br. The Kier molecular flexibility index (Phi) is 3.42. The van der Waals surface area contributed by atoms with Gasteiger partial charge >= 0.3 is 0 Å². The summed E-state index contributed by atoms with van der Waals surface area (Å²) in [5, 5.41) is 2.67.